The number of hydrogen-bond acceptors (Lipinski definition) is 3. The molecule has 3 unspecified atom stereocenters. The lowest BCUT2D eigenvalue weighted by atomic mass is 9.94. The second-order valence-electron chi connectivity index (χ2n) is 5.72. The van der Waals surface area contributed by atoms with Crippen molar-refractivity contribution in [1.82, 2.24) is 4.90 Å². The third kappa shape index (κ3) is 2.03. The molecule has 20 heavy (non-hydrogen) atoms. The first-order valence-electron chi connectivity index (χ1n) is 6.97. The molecule has 1 aromatic carbocycles. The second kappa shape index (κ2) is 4.81. The van der Waals surface area contributed by atoms with Crippen LogP contribution in [0.2, 0.25) is 0 Å². The Labute approximate surface area is 117 Å². The van der Waals surface area contributed by atoms with Gasteiger partial charge in [-0.15, -0.1) is 0 Å². The Balaban J connectivity index is 1.89. The summed E-state index contributed by atoms with van der Waals surface area (Å²) in [4.78, 5) is 25.6. The Bertz CT molecular complexity index is 558. The molecule has 2 fully saturated rings. The highest BCUT2D eigenvalue weighted by Crippen LogP contribution is 2.42. The topological polar surface area (TPSA) is 83.6 Å². The van der Waals surface area contributed by atoms with Crippen LogP contribution in [0.3, 0.4) is 0 Å². The number of likely N-dealkylation sites (tertiary alicyclic amines) is 1. The summed E-state index contributed by atoms with van der Waals surface area (Å²) in [7, 11) is 0. The maximum Gasteiger partial charge on any atom is 0.326 e. The summed E-state index contributed by atoms with van der Waals surface area (Å²) in [6.07, 6.45) is 3.00. The summed E-state index contributed by atoms with van der Waals surface area (Å²) in [5, 5.41) is 9.46. The Kier molecular flexibility index (Phi) is 3.12. The number of amides is 1. The van der Waals surface area contributed by atoms with E-state index >= 15 is 0 Å². The molecule has 5 nitrogen and oxygen atoms in total. The van der Waals surface area contributed by atoms with Crippen molar-refractivity contribution in [1.29, 1.82) is 0 Å². The van der Waals surface area contributed by atoms with Crippen LogP contribution >= 0.6 is 0 Å². The third-order valence-electron chi connectivity index (χ3n) is 4.54. The zero-order chi connectivity index (χ0) is 14.3. The largest absolute Gasteiger partial charge is 0.480 e. The molecule has 3 atom stereocenters. The number of hydrogen-bond donors (Lipinski definition) is 2. The number of nitrogens with zero attached hydrogens (tertiary/aromatic N) is 1. The van der Waals surface area contributed by atoms with Crippen molar-refractivity contribution in [2.75, 3.05) is 12.3 Å². The highest BCUT2D eigenvalue weighted by molar-refractivity contribution is 5.97. The van der Waals surface area contributed by atoms with E-state index in [1.807, 2.05) is 0 Å². The first-order chi connectivity index (χ1) is 9.58. The average molecular weight is 274 g/mol. The lowest BCUT2D eigenvalue weighted by molar-refractivity contribution is -0.142. The van der Waals surface area contributed by atoms with Crippen LogP contribution in [0, 0.1) is 11.8 Å². The van der Waals surface area contributed by atoms with Gasteiger partial charge in [0, 0.05) is 17.8 Å². The van der Waals surface area contributed by atoms with Crippen LogP contribution in [-0.4, -0.2) is 34.5 Å². The van der Waals surface area contributed by atoms with E-state index in [-0.39, 0.29) is 11.8 Å². The highest BCUT2D eigenvalue weighted by Gasteiger charge is 2.49. The molecule has 1 aromatic rings. The molecule has 1 aliphatic heterocycles. The van der Waals surface area contributed by atoms with E-state index in [0.717, 1.165) is 19.3 Å². The van der Waals surface area contributed by atoms with Gasteiger partial charge in [-0.3, -0.25) is 4.79 Å². The number of nitrogen functional groups attached to an aromatic ring is 1. The molecule has 1 saturated heterocycles. The van der Waals surface area contributed by atoms with Crippen LogP contribution in [0.5, 0.6) is 0 Å². The minimum absolute atomic E-state index is 0.109. The van der Waals surface area contributed by atoms with Crippen LogP contribution in [0.15, 0.2) is 24.3 Å². The summed E-state index contributed by atoms with van der Waals surface area (Å²) >= 11 is 0. The third-order valence-corrected chi connectivity index (χ3v) is 4.54. The Morgan fingerprint density at radius 3 is 2.80 bits per heavy atom. The first-order valence-corrected chi connectivity index (χ1v) is 6.97. The van der Waals surface area contributed by atoms with Crippen LogP contribution in [0.1, 0.15) is 29.6 Å². The molecule has 1 saturated carbocycles. The number of carbonyl (C=O) groups excluding carboxylic acids is 1. The molecule has 0 spiro atoms. The van der Waals surface area contributed by atoms with Crippen molar-refractivity contribution >= 4 is 17.6 Å². The molecule has 0 radical (unpaired) electrons. The van der Waals surface area contributed by atoms with Gasteiger partial charge in [0.05, 0.1) is 0 Å². The zero-order valence-electron chi connectivity index (χ0n) is 11.2. The van der Waals surface area contributed by atoms with Crippen LogP contribution in [0.4, 0.5) is 5.69 Å². The Hall–Kier alpha value is -2.04. The smallest absolute Gasteiger partial charge is 0.326 e. The fourth-order valence-corrected chi connectivity index (χ4v) is 3.67. The number of carboxylic acid groups (broad SMARTS) is 1. The number of fused-ring (bicyclic) bond motifs is 1. The van der Waals surface area contributed by atoms with Crippen molar-refractivity contribution in [3.05, 3.63) is 29.8 Å². The highest BCUT2D eigenvalue weighted by atomic mass is 16.4. The molecule has 0 bridgehead atoms. The number of aliphatic carboxylic acids is 1. The van der Waals surface area contributed by atoms with Crippen LogP contribution in [-0.2, 0) is 4.79 Å². The van der Waals surface area contributed by atoms with Gasteiger partial charge in [-0.25, -0.2) is 4.79 Å². The maximum atomic E-state index is 12.6. The van der Waals surface area contributed by atoms with E-state index in [0.29, 0.717) is 23.7 Å². The van der Waals surface area contributed by atoms with E-state index in [4.69, 9.17) is 5.73 Å². The van der Waals surface area contributed by atoms with Crippen molar-refractivity contribution in [3.8, 4) is 0 Å². The monoisotopic (exact) mass is 274 g/mol. The van der Waals surface area contributed by atoms with Gasteiger partial charge in [0.25, 0.3) is 5.91 Å². The number of nitrogens with two attached hydrogens (primary N) is 1. The van der Waals surface area contributed by atoms with Crippen LogP contribution in [0.25, 0.3) is 0 Å². The molecular formula is C15H18N2O3. The predicted molar refractivity (Wildman–Crippen MR) is 74.1 cm³/mol. The Morgan fingerprint density at radius 1 is 1.30 bits per heavy atom. The number of anilines is 1. The quantitative estimate of drug-likeness (QED) is 0.802. The number of carbonyl (C=O) groups is 2. The van der Waals surface area contributed by atoms with Gasteiger partial charge in [0.1, 0.15) is 6.04 Å². The summed E-state index contributed by atoms with van der Waals surface area (Å²) in [5.41, 5.74) is 6.68. The number of benzene rings is 1. The standard InChI is InChI=1S/C15H18N2O3/c16-11-5-1-3-9(7-11)14(18)17-8-10-4-2-6-12(10)13(17)15(19)20/h1,3,5,7,10,12-13H,2,4,6,8,16H2,(H,19,20). The zero-order valence-corrected chi connectivity index (χ0v) is 11.2. The average Bonchev–Trinajstić information content (AvgIpc) is 2.96. The second-order valence-corrected chi connectivity index (χ2v) is 5.72. The van der Waals surface area contributed by atoms with Crippen LogP contribution < -0.4 is 5.73 Å². The summed E-state index contributed by atoms with van der Waals surface area (Å²) in [6, 6.07) is 6.04. The van der Waals surface area contributed by atoms with Gasteiger partial charge in [0.2, 0.25) is 0 Å². The normalized spacial score (nSPS) is 28.4. The summed E-state index contributed by atoms with van der Waals surface area (Å²) in [5.74, 6) is -0.672. The fourth-order valence-electron chi connectivity index (χ4n) is 3.67. The predicted octanol–water partition coefficient (Wildman–Crippen LogP) is 1.59. The number of carboxylic acids is 1. The van der Waals surface area contributed by atoms with Crippen molar-refractivity contribution in [2.24, 2.45) is 11.8 Å². The molecule has 2 aliphatic rings. The molecule has 3 N–H and O–H groups in total. The molecular weight excluding hydrogens is 256 g/mol. The van der Waals surface area contributed by atoms with Crippen molar-refractivity contribution in [2.45, 2.75) is 25.3 Å². The molecule has 1 heterocycles. The van der Waals surface area contributed by atoms with Crippen molar-refractivity contribution in [3.63, 3.8) is 0 Å². The van der Waals surface area contributed by atoms with Crippen molar-refractivity contribution < 1.29 is 14.7 Å². The lowest BCUT2D eigenvalue weighted by Gasteiger charge is -2.24. The van der Waals surface area contributed by atoms with E-state index in [9.17, 15) is 14.7 Å². The molecule has 1 amide bonds. The lowest BCUT2D eigenvalue weighted by Crippen LogP contribution is -2.43. The van der Waals surface area contributed by atoms with Gasteiger partial charge in [-0.2, -0.15) is 0 Å². The fraction of sp³-hybridized carbons (Fsp3) is 0.467. The Morgan fingerprint density at radius 2 is 2.10 bits per heavy atom. The minimum Gasteiger partial charge on any atom is -0.480 e. The SMILES string of the molecule is Nc1cccc(C(=O)N2CC3CCCC3C2C(=O)O)c1. The van der Waals surface area contributed by atoms with Gasteiger partial charge in [-0.05, 0) is 42.9 Å². The van der Waals surface area contributed by atoms with E-state index < -0.39 is 12.0 Å². The van der Waals surface area contributed by atoms with Gasteiger partial charge < -0.3 is 15.7 Å². The van der Waals surface area contributed by atoms with Gasteiger partial charge in [-0.1, -0.05) is 12.5 Å². The molecule has 0 aromatic heterocycles. The minimum atomic E-state index is -0.892. The van der Waals surface area contributed by atoms with E-state index in [1.165, 1.54) is 4.90 Å². The molecule has 5 heteroatoms. The molecule has 106 valence electrons. The summed E-state index contributed by atoms with van der Waals surface area (Å²) in [6.45, 7) is 0.551. The molecule has 3 rings (SSSR count). The number of rotatable bonds is 2. The summed E-state index contributed by atoms with van der Waals surface area (Å²) < 4.78 is 0. The van der Waals surface area contributed by atoms with E-state index in [2.05, 4.69) is 0 Å². The molecule has 1 aliphatic carbocycles. The first kappa shape index (κ1) is 13.0. The van der Waals surface area contributed by atoms with E-state index in [1.54, 1.807) is 24.3 Å². The maximum absolute atomic E-state index is 12.6. The van der Waals surface area contributed by atoms with Gasteiger partial charge in [0.15, 0.2) is 0 Å². The van der Waals surface area contributed by atoms with Gasteiger partial charge >= 0.3 is 5.97 Å².